The Labute approximate surface area is 78.8 Å². The monoisotopic (exact) mass is 248 g/mol. The molecule has 0 saturated carbocycles. The van der Waals surface area contributed by atoms with E-state index in [2.05, 4.69) is 0 Å². The second-order valence-corrected chi connectivity index (χ2v) is 6.16. The van der Waals surface area contributed by atoms with Crippen LogP contribution >= 0.6 is 15.2 Å². The van der Waals surface area contributed by atoms with Crippen LogP contribution in [-0.4, -0.2) is 41.8 Å². The maximum Gasteiger partial charge on any atom is 0.348 e. The van der Waals surface area contributed by atoms with E-state index in [1.54, 1.807) is 0 Å². The summed E-state index contributed by atoms with van der Waals surface area (Å²) in [5, 5.41) is 14.6. The van der Waals surface area contributed by atoms with Crippen molar-refractivity contribution in [3.63, 3.8) is 0 Å². The lowest BCUT2D eigenvalue weighted by atomic mass is 10.5. The summed E-state index contributed by atoms with van der Waals surface area (Å²) in [6.45, 7) is -0.789. The minimum Gasteiger partial charge on any atom is -0.511 e. The minimum absolute atomic E-state index is 0.503. The third-order valence-corrected chi connectivity index (χ3v) is 4.81. The summed E-state index contributed by atoms with van der Waals surface area (Å²) in [7, 11) is -10.4. The van der Waals surface area contributed by atoms with Gasteiger partial charge in [-0.2, -0.15) is 0 Å². The van der Waals surface area contributed by atoms with Gasteiger partial charge >= 0.3 is 15.2 Å². The van der Waals surface area contributed by atoms with Gasteiger partial charge in [0.25, 0.3) is 0 Å². The molecule has 0 fully saturated rings. The summed E-state index contributed by atoms with van der Waals surface area (Å²) >= 11 is 0. The van der Waals surface area contributed by atoms with Crippen molar-refractivity contribution in [3.8, 4) is 0 Å². The van der Waals surface area contributed by atoms with Gasteiger partial charge in [-0.15, -0.1) is 0 Å². The van der Waals surface area contributed by atoms with Gasteiger partial charge in [0.15, 0.2) is 0 Å². The molecule has 0 unspecified atom stereocenters. The molecule has 0 aliphatic rings. The van der Waals surface area contributed by atoms with Crippen molar-refractivity contribution in [3.05, 3.63) is 11.8 Å². The molecule has 0 aliphatic carbocycles. The van der Waals surface area contributed by atoms with Crippen LogP contribution in [-0.2, 0) is 9.13 Å². The van der Waals surface area contributed by atoms with Gasteiger partial charge in [0.2, 0.25) is 5.40 Å². The van der Waals surface area contributed by atoms with Gasteiger partial charge in [0, 0.05) is 0 Å². The van der Waals surface area contributed by atoms with Crippen LogP contribution in [0.5, 0.6) is 0 Å². The zero-order valence-corrected chi connectivity index (χ0v) is 8.54. The highest BCUT2D eigenvalue weighted by atomic mass is 31.2. The van der Waals surface area contributed by atoms with Crippen LogP contribution in [0.15, 0.2) is 11.8 Å². The van der Waals surface area contributed by atoms with E-state index in [9.17, 15) is 9.13 Å². The molecule has 8 nitrogen and oxygen atoms in total. The van der Waals surface area contributed by atoms with Crippen molar-refractivity contribution >= 4 is 15.2 Å². The lowest BCUT2D eigenvalue weighted by Gasteiger charge is -2.18. The molecular weight excluding hydrogens is 238 g/mol. The van der Waals surface area contributed by atoms with Gasteiger partial charge in [0.1, 0.15) is 5.76 Å². The summed E-state index contributed by atoms with van der Waals surface area (Å²) in [6, 6.07) is 0. The fourth-order valence-electron chi connectivity index (χ4n) is 0.739. The fourth-order valence-corrected chi connectivity index (χ4v) is 3.21. The lowest BCUT2D eigenvalue weighted by molar-refractivity contribution is 0.306. The molecule has 0 atom stereocenters. The first kappa shape index (κ1) is 13.8. The second-order valence-electron chi connectivity index (χ2n) is 2.36. The van der Waals surface area contributed by atoms with Gasteiger partial charge in [-0.25, -0.2) is 0 Å². The van der Waals surface area contributed by atoms with Crippen LogP contribution in [0.2, 0.25) is 0 Å². The SMILES string of the molecule is O=P(O)(O)C(C(O)=CCO)P(=O)(O)O. The van der Waals surface area contributed by atoms with Crippen molar-refractivity contribution in [2.45, 2.75) is 5.40 Å². The standard InChI is InChI=1S/C4H10O8P2/c5-2-1-3(6)4(13(7,8)9)14(10,11)12/h1,4-6H,2H2,(H2,7,8,9)(H2,10,11,12). The number of aliphatic hydroxyl groups excluding tert-OH is 2. The first-order valence-corrected chi connectivity index (χ1v) is 6.57. The molecule has 0 radical (unpaired) electrons. The van der Waals surface area contributed by atoms with E-state index >= 15 is 0 Å². The Kier molecular flexibility index (Phi) is 4.48. The molecular formula is C4H10O8P2. The maximum atomic E-state index is 10.6. The molecule has 0 amide bonds. The van der Waals surface area contributed by atoms with Gasteiger partial charge in [-0.3, -0.25) is 9.13 Å². The molecule has 14 heavy (non-hydrogen) atoms. The topological polar surface area (TPSA) is 156 Å². The Morgan fingerprint density at radius 1 is 1.14 bits per heavy atom. The van der Waals surface area contributed by atoms with E-state index in [-0.39, 0.29) is 0 Å². The van der Waals surface area contributed by atoms with Gasteiger partial charge < -0.3 is 29.8 Å². The molecule has 0 heterocycles. The Morgan fingerprint density at radius 2 is 1.50 bits per heavy atom. The van der Waals surface area contributed by atoms with E-state index in [1.807, 2.05) is 0 Å². The summed E-state index contributed by atoms with van der Waals surface area (Å²) in [6.07, 6.45) is 0.503. The third kappa shape index (κ3) is 3.89. The highest BCUT2D eigenvalue weighted by molar-refractivity contribution is 7.71. The van der Waals surface area contributed by atoms with Crippen molar-refractivity contribution in [1.29, 1.82) is 0 Å². The van der Waals surface area contributed by atoms with Gasteiger partial charge in [-0.1, -0.05) is 0 Å². The van der Waals surface area contributed by atoms with Crippen molar-refractivity contribution < 1.29 is 38.9 Å². The Morgan fingerprint density at radius 3 is 1.71 bits per heavy atom. The van der Waals surface area contributed by atoms with E-state index in [0.717, 1.165) is 0 Å². The normalized spacial score (nSPS) is 14.9. The lowest BCUT2D eigenvalue weighted by Crippen LogP contribution is -2.12. The largest absolute Gasteiger partial charge is 0.511 e. The van der Waals surface area contributed by atoms with Crippen LogP contribution in [0.3, 0.4) is 0 Å². The molecule has 0 aromatic heterocycles. The Bertz CT molecular complexity index is 287. The summed E-state index contributed by atoms with van der Waals surface area (Å²) in [4.78, 5) is 34.2. The van der Waals surface area contributed by atoms with Crippen molar-refractivity contribution in [2.24, 2.45) is 0 Å². The molecule has 84 valence electrons. The minimum atomic E-state index is -5.18. The molecule has 0 rings (SSSR count). The number of allylic oxidation sites excluding steroid dienone is 1. The van der Waals surface area contributed by atoms with Gasteiger partial charge in [0.05, 0.1) is 6.61 Å². The van der Waals surface area contributed by atoms with Crippen LogP contribution in [0.4, 0.5) is 0 Å². The molecule has 10 heteroatoms. The van der Waals surface area contributed by atoms with E-state index in [0.29, 0.717) is 6.08 Å². The summed E-state index contributed by atoms with van der Waals surface area (Å²) < 4.78 is 21.2. The molecule has 6 N–H and O–H groups in total. The maximum absolute atomic E-state index is 10.6. The molecule has 0 aromatic rings. The number of aliphatic hydroxyl groups is 2. The predicted molar refractivity (Wildman–Crippen MR) is 45.7 cm³/mol. The quantitative estimate of drug-likeness (QED) is 0.276. The average molecular weight is 248 g/mol. The summed E-state index contributed by atoms with van der Waals surface area (Å²) in [5.41, 5.74) is 0. The molecule has 0 saturated heterocycles. The molecule has 0 spiro atoms. The zero-order valence-electron chi connectivity index (χ0n) is 6.76. The predicted octanol–water partition coefficient (Wildman–Crippen LogP) is -0.898. The highest BCUT2D eigenvalue weighted by Crippen LogP contribution is 2.62. The van der Waals surface area contributed by atoms with E-state index in [4.69, 9.17) is 29.8 Å². The van der Waals surface area contributed by atoms with Gasteiger partial charge in [-0.05, 0) is 6.08 Å². The average Bonchev–Trinajstić information content (AvgIpc) is 1.78. The van der Waals surface area contributed by atoms with Crippen molar-refractivity contribution in [1.82, 2.24) is 0 Å². The molecule has 0 bridgehead atoms. The number of hydrogen-bond acceptors (Lipinski definition) is 4. The van der Waals surface area contributed by atoms with Crippen LogP contribution in [0.25, 0.3) is 0 Å². The molecule has 0 aromatic carbocycles. The van der Waals surface area contributed by atoms with Crippen LogP contribution in [0.1, 0.15) is 0 Å². The van der Waals surface area contributed by atoms with E-state index in [1.165, 1.54) is 0 Å². The molecule has 0 aliphatic heterocycles. The number of rotatable bonds is 4. The summed E-state index contributed by atoms with van der Waals surface area (Å²) in [5.74, 6) is -1.23. The highest BCUT2D eigenvalue weighted by Gasteiger charge is 2.46. The first-order valence-electron chi connectivity index (χ1n) is 3.21. The van der Waals surface area contributed by atoms with Crippen molar-refractivity contribution in [2.75, 3.05) is 6.61 Å². The van der Waals surface area contributed by atoms with E-state index < -0.39 is 33.0 Å². The number of hydrogen-bond donors (Lipinski definition) is 6. The van der Waals surface area contributed by atoms with Crippen LogP contribution in [0, 0.1) is 0 Å². The fraction of sp³-hybridized carbons (Fsp3) is 0.500. The first-order chi connectivity index (χ1) is 6.10. The Hall–Kier alpha value is -0.200. The zero-order chi connectivity index (χ0) is 11.6. The van der Waals surface area contributed by atoms with Crippen LogP contribution < -0.4 is 0 Å². The Balaban J connectivity index is 5.26. The smallest absolute Gasteiger partial charge is 0.348 e. The second kappa shape index (κ2) is 4.55. The third-order valence-electron chi connectivity index (χ3n) is 1.20.